The first-order valence-corrected chi connectivity index (χ1v) is 12.3. The summed E-state index contributed by atoms with van der Waals surface area (Å²) in [7, 11) is 0. The number of furan rings is 1. The van der Waals surface area contributed by atoms with Gasteiger partial charge in [0.1, 0.15) is 6.54 Å². The highest BCUT2D eigenvalue weighted by Gasteiger charge is 2.25. The Bertz CT molecular complexity index is 1100. The molecule has 1 aliphatic rings. The first-order valence-electron chi connectivity index (χ1n) is 12.3. The monoisotopic (exact) mass is 475 g/mol. The molecule has 8 heteroatoms. The minimum atomic E-state index is -0.239. The van der Waals surface area contributed by atoms with E-state index in [0.29, 0.717) is 26.2 Å². The quantitative estimate of drug-likeness (QED) is 0.489. The van der Waals surface area contributed by atoms with Gasteiger partial charge >= 0.3 is 0 Å². The molecule has 2 amide bonds. The lowest BCUT2D eigenvalue weighted by atomic mass is 10.1. The normalized spacial score (nSPS) is 14.0. The lowest BCUT2D eigenvalue weighted by molar-refractivity contribution is -0.131. The molecule has 0 N–H and O–H groups in total. The van der Waals surface area contributed by atoms with Gasteiger partial charge in [-0.15, -0.1) is 10.2 Å². The standard InChI is InChI=1S/C27H33N5O3/c1-3-4-14-32(27(34)24-7-5-19-35-24)20-26(33)31-16-6-15-30(17-18-31)25-13-12-23(28-29-25)22-10-8-21(2)9-11-22/h5,7-13,19H,3-4,6,14-18,20H2,1-2H3. The molecule has 1 saturated heterocycles. The fourth-order valence-electron chi connectivity index (χ4n) is 4.19. The number of hydrogen-bond donors (Lipinski definition) is 0. The molecule has 0 aliphatic carbocycles. The van der Waals surface area contributed by atoms with E-state index >= 15 is 0 Å². The second-order valence-electron chi connectivity index (χ2n) is 8.92. The van der Waals surface area contributed by atoms with Crippen LogP contribution in [-0.2, 0) is 4.79 Å². The summed E-state index contributed by atoms with van der Waals surface area (Å²) in [4.78, 5) is 31.6. The molecule has 1 aromatic carbocycles. The molecule has 0 radical (unpaired) electrons. The number of amides is 2. The van der Waals surface area contributed by atoms with Gasteiger partial charge in [-0.1, -0.05) is 43.2 Å². The Balaban J connectivity index is 1.36. The Morgan fingerprint density at radius 3 is 2.51 bits per heavy atom. The Morgan fingerprint density at radius 2 is 1.83 bits per heavy atom. The molecule has 0 saturated carbocycles. The molecule has 0 bridgehead atoms. The van der Waals surface area contributed by atoms with Gasteiger partial charge in [0, 0.05) is 38.3 Å². The molecule has 8 nitrogen and oxygen atoms in total. The maximum atomic E-state index is 13.1. The van der Waals surface area contributed by atoms with Crippen molar-refractivity contribution < 1.29 is 14.0 Å². The summed E-state index contributed by atoms with van der Waals surface area (Å²) < 4.78 is 5.27. The number of hydrogen-bond acceptors (Lipinski definition) is 6. The molecular formula is C27H33N5O3. The fourth-order valence-corrected chi connectivity index (χ4v) is 4.19. The molecule has 2 aromatic heterocycles. The molecule has 3 aromatic rings. The van der Waals surface area contributed by atoms with Crippen LogP contribution in [0.4, 0.5) is 5.82 Å². The number of benzene rings is 1. The second kappa shape index (κ2) is 11.6. The molecule has 0 spiro atoms. The number of carbonyl (C=O) groups is 2. The minimum Gasteiger partial charge on any atom is -0.459 e. The second-order valence-corrected chi connectivity index (χ2v) is 8.92. The smallest absolute Gasteiger partial charge is 0.290 e. The molecule has 4 rings (SSSR count). The summed E-state index contributed by atoms with van der Waals surface area (Å²) in [6, 6.07) is 15.5. The van der Waals surface area contributed by atoms with Gasteiger partial charge < -0.3 is 19.1 Å². The van der Waals surface area contributed by atoms with Crippen molar-refractivity contribution in [3.8, 4) is 11.3 Å². The number of aryl methyl sites for hydroxylation is 1. The van der Waals surface area contributed by atoms with Crippen molar-refractivity contribution >= 4 is 17.6 Å². The van der Waals surface area contributed by atoms with E-state index < -0.39 is 0 Å². The third-order valence-electron chi connectivity index (χ3n) is 6.30. The van der Waals surface area contributed by atoms with Crippen LogP contribution in [-0.4, -0.2) is 71.1 Å². The molecule has 1 aliphatic heterocycles. The number of unbranched alkanes of at least 4 members (excludes halogenated alkanes) is 1. The summed E-state index contributed by atoms with van der Waals surface area (Å²) in [6.45, 7) is 7.42. The lowest BCUT2D eigenvalue weighted by Crippen LogP contribution is -2.44. The fraction of sp³-hybridized carbons (Fsp3) is 0.407. The van der Waals surface area contributed by atoms with E-state index in [2.05, 4.69) is 53.2 Å². The van der Waals surface area contributed by atoms with E-state index in [1.54, 1.807) is 17.0 Å². The molecule has 1 fully saturated rings. The Labute approximate surface area is 206 Å². The SMILES string of the molecule is CCCCN(CC(=O)N1CCCN(c2ccc(-c3ccc(C)cc3)nn2)CC1)C(=O)c1ccco1. The highest BCUT2D eigenvalue weighted by Crippen LogP contribution is 2.20. The number of nitrogens with zero attached hydrogens (tertiary/aromatic N) is 5. The summed E-state index contributed by atoms with van der Waals surface area (Å²) in [5.41, 5.74) is 3.09. The zero-order valence-corrected chi connectivity index (χ0v) is 20.5. The lowest BCUT2D eigenvalue weighted by Gasteiger charge is -2.26. The van der Waals surface area contributed by atoms with Crippen LogP contribution in [0, 0.1) is 6.92 Å². The topological polar surface area (TPSA) is 82.8 Å². The maximum Gasteiger partial charge on any atom is 0.290 e. The van der Waals surface area contributed by atoms with Gasteiger partial charge in [-0.05, 0) is 44.0 Å². The van der Waals surface area contributed by atoms with Crippen molar-refractivity contribution in [3.63, 3.8) is 0 Å². The van der Waals surface area contributed by atoms with Crippen LogP contribution in [0.5, 0.6) is 0 Å². The Hall–Kier alpha value is -3.68. The third-order valence-corrected chi connectivity index (χ3v) is 6.30. The Kier molecular flexibility index (Phi) is 8.13. The summed E-state index contributed by atoms with van der Waals surface area (Å²) in [6.07, 6.45) is 4.09. The van der Waals surface area contributed by atoms with E-state index in [9.17, 15) is 9.59 Å². The number of anilines is 1. The summed E-state index contributed by atoms with van der Waals surface area (Å²) in [5.74, 6) is 0.803. The van der Waals surface area contributed by atoms with Gasteiger partial charge in [0.2, 0.25) is 5.91 Å². The molecule has 184 valence electrons. The molecule has 0 unspecified atom stereocenters. The number of carbonyl (C=O) groups excluding carboxylic acids is 2. The van der Waals surface area contributed by atoms with E-state index in [1.807, 2.05) is 17.0 Å². The van der Waals surface area contributed by atoms with E-state index in [4.69, 9.17) is 4.42 Å². The van der Waals surface area contributed by atoms with Gasteiger partial charge in [-0.25, -0.2) is 0 Å². The number of aromatic nitrogens is 2. The average molecular weight is 476 g/mol. The van der Waals surface area contributed by atoms with Gasteiger partial charge in [0.25, 0.3) is 5.91 Å². The highest BCUT2D eigenvalue weighted by molar-refractivity contribution is 5.94. The van der Waals surface area contributed by atoms with Gasteiger partial charge in [-0.2, -0.15) is 0 Å². The number of rotatable bonds is 8. The predicted molar refractivity (Wildman–Crippen MR) is 135 cm³/mol. The summed E-state index contributed by atoms with van der Waals surface area (Å²) >= 11 is 0. The zero-order chi connectivity index (χ0) is 24.6. The van der Waals surface area contributed by atoms with Crippen LogP contribution in [0.25, 0.3) is 11.3 Å². The molecular weight excluding hydrogens is 442 g/mol. The van der Waals surface area contributed by atoms with Crippen LogP contribution < -0.4 is 4.90 Å². The zero-order valence-electron chi connectivity index (χ0n) is 20.5. The Morgan fingerprint density at radius 1 is 1.00 bits per heavy atom. The highest BCUT2D eigenvalue weighted by atomic mass is 16.3. The van der Waals surface area contributed by atoms with Gasteiger partial charge in [-0.3, -0.25) is 9.59 Å². The van der Waals surface area contributed by atoms with E-state index in [-0.39, 0.29) is 24.1 Å². The molecule has 3 heterocycles. The van der Waals surface area contributed by atoms with Crippen LogP contribution in [0.2, 0.25) is 0 Å². The van der Waals surface area contributed by atoms with Crippen molar-refractivity contribution in [1.82, 2.24) is 20.0 Å². The molecule has 0 atom stereocenters. The van der Waals surface area contributed by atoms with Crippen molar-refractivity contribution in [2.75, 3.05) is 44.2 Å². The van der Waals surface area contributed by atoms with Crippen LogP contribution in [0.3, 0.4) is 0 Å². The molecule has 35 heavy (non-hydrogen) atoms. The van der Waals surface area contributed by atoms with Gasteiger partial charge in [0.05, 0.1) is 12.0 Å². The first-order chi connectivity index (χ1) is 17.0. The van der Waals surface area contributed by atoms with Crippen molar-refractivity contribution in [2.45, 2.75) is 33.1 Å². The van der Waals surface area contributed by atoms with E-state index in [0.717, 1.165) is 42.9 Å². The largest absolute Gasteiger partial charge is 0.459 e. The minimum absolute atomic E-state index is 0.0383. The predicted octanol–water partition coefficient (Wildman–Crippen LogP) is 4.03. The van der Waals surface area contributed by atoms with Crippen LogP contribution in [0.1, 0.15) is 42.3 Å². The maximum absolute atomic E-state index is 13.1. The van der Waals surface area contributed by atoms with Crippen LogP contribution >= 0.6 is 0 Å². The van der Waals surface area contributed by atoms with E-state index in [1.165, 1.54) is 11.8 Å². The van der Waals surface area contributed by atoms with Gasteiger partial charge in [0.15, 0.2) is 11.6 Å². The third kappa shape index (κ3) is 6.26. The average Bonchev–Trinajstić information content (AvgIpc) is 3.31. The van der Waals surface area contributed by atoms with Crippen molar-refractivity contribution in [2.24, 2.45) is 0 Å². The van der Waals surface area contributed by atoms with Crippen molar-refractivity contribution in [3.05, 3.63) is 66.1 Å². The summed E-state index contributed by atoms with van der Waals surface area (Å²) in [5, 5.41) is 8.88. The van der Waals surface area contributed by atoms with Crippen LogP contribution in [0.15, 0.2) is 59.2 Å². The van der Waals surface area contributed by atoms with Crippen molar-refractivity contribution in [1.29, 1.82) is 0 Å². The first kappa shape index (κ1) is 24.4.